The van der Waals surface area contributed by atoms with Gasteiger partial charge in [-0.3, -0.25) is 4.79 Å². The van der Waals surface area contributed by atoms with Gasteiger partial charge in [-0.25, -0.2) is 0 Å². The number of nitrogens with one attached hydrogen (secondary N) is 2. The van der Waals surface area contributed by atoms with Crippen LogP contribution in [-0.4, -0.2) is 19.0 Å². The molecular formula is C16H17Cl2N2OS+. The number of benzene rings is 1. The first-order valence-electron chi connectivity index (χ1n) is 7.20. The molecule has 0 spiro atoms. The highest BCUT2D eigenvalue weighted by atomic mass is 35.5. The third kappa shape index (κ3) is 3.30. The second-order valence-electron chi connectivity index (χ2n) is 5.53. The topological polar surface area (TPSA) is 33.5 Å². The summed E-state index contributed by atoms with van der Waals surface area (Å²) in [6.07, 6.45) is 1.04. The summed E-state index contributed by atoms with van der Waals surface area (Å²) in [6.45, 7) is 3.59. The van der Waals surface area contributed by atoms with Crippen LogP contribution in [0, 0.1) is 0 Å². The Morgan fingerprint density at radius 3 is 3.05 bits per heavy atom. The van der Waals surface area contributed by atoms with Gasteiger partial charge < -0.3 is 10.2 Å². The molecule has 116 valence electrons. The van der Waals surface area contributed by atoms with Gasteiger partial charge >= 0.3 is 0 Å². The number of hydrogen-bond acceptors (Lipinski definition) is 2. The van der Waals surface area contributed by atoms with Crippen molar-refractivity contribution in [2.75, 3.05) is 18.4 Å². The number of quaternary nitrogens is 1. The Bertz CT molecular complexity index is 701. The number of carbonyl (C=O) groups is 1. The van der Waals surface area contributed by atoms with E-state index in [-0.39, 0.29) is 5.91 Å². The quantitative estimate of drug-likeness (QED) is 0.870. The van der Waals surface area contributed by atoms with Crippen LogP contribution < -0.4 is 10.2 Å². The van der Waals surface area contributed by atoms with Gasteiger partial charge in [0.25, 0.3) is 5.91 Å². The third-order valence-electron chi connectivity index (χ3n) is 4.12. The van der Waals surface area contributed by atoms with Gasteiger partial charge in [-0.15, -0.1) is 11.3 Å². The molecule has 0 aliphatic carbocycles. The number of thiophene rings is 1. The standard InChI is InChI=1S/C16H16Cl2N2OS/c1-10-12-5-7-22-15(12)4-6-20(10)9-16(21)19-14-8-11(17)2-3-13(14)18/h2-3,5,7-8,10H,4,6,9H2,1H3,(H,19,21)/p+1/t10-/m1/s1. The Labute approximate surface area is 143 Å². The van der Waals surface area contributed by atoms with Gasteiger partial charge in [-0.2, -0.15) is 0 Å². The van der Waals surface area contributed by atoms with Crippen LogP contribution in [-0.2, 0) is 11.2 Å². The minimum absolute atomic E-state index is 0.0373. The van der Waals surface area contributed by atoms with Gasteiger partial charge in [0.1, 0.15) is 6.04 Å². The van der Waals surface area contributed by atoms with Gasteiger partial charge in [-0.05, 0) is 36.6 Å². The maximum atomic E-state index is 12.3. The highest BCUT2D eigenvalue weighted by molar-refractivity contribution is 7.10. The summed E-state index contributed by atoms with van der Waals surface area (Å²) >= 11 is 13.8. The van der Waals surface area contributed by atoms with Crippen molar-refractivity contribution in [2.45, 2.75) is 19.4 Å². The van der Waals surface area contributed by atoms with Crippen molar-refractivity contribution in [3.05, 3.63) is 50.1 Å². The molecule has 0 radical (unpaired) electrons. The first kappa shape index (κ1) is 15.8. The van der Waals surface area contributed by atoms with E-state index in [2.05, 4.69) is 23.7 Å². The fourth-order valence-corrected chi connectivity index (χ4v) is 4.20. The van der Waals surface area contributed by atoms with Crippen molar-refractivity contribution in [2.24, 2.45) is 0 Å². The number of hydrogen-bond donors (Lipinski definition) is 2. The molecular weight excluding hydrogens is 339 g/mol. The van der Waals surface area contributed by atoms with Gasteiger partial charge in [0.15, 0.2) is 6.54 Å². The van der Waals surface area contributed by atoms with Gasteiger partial charge in [-0.1, -0.05) is 23.2 Å². The molecule has 3 rings (SSSR count). The predicted molar refractivity (Wildman–Crippen MR) is 92.2 cm³/mol. The van der Waals surface area contributed by atoms with Crippen LogP contribution >= 0.6 is 34.5 Å². The summed E-state index contributed by atoms with van der Waals surface area (Å²) in [7, 11) is 0. The molecule has 1 unspecified atom stereocenters. The monoisotopic (exact) mass is 355 g/mol. The lowest BCUT2D eigenvalue weighted by molar-refractivity contribution is -0.923. The average Bonchev–Trinajstić information content (AvgIpc) is 2.95. The van der Waals surface area contributed by atoms with Gasteiger partial charge in [0.05, 0.1) is 17.3 Å². The number of carbonyl (C=O) groups excluding carboxylic acids is 1. The molecule has 3 nitrogen and oxygen atoms in total. The van der Waals surface area contributed by atoms with E-state index in [0.29, 0.717) is 28.3 Å². The zero-order valence-electron chi connectivity index (χ0n) is 12.2. The van der Waals surface area contributed by atoms with Crippen LogP contribution in [0.15, 0.2) is 29.6 Å². The SMILES string of the molecule is C[C@@H]1c2ccsc2CC[NH+]1CC(=O)Nc1cc(Cl)ccc1Cl. The number of amides is 1. The van der Waals surface area contributed by atoms with Crippen molar-refractivity contribution < 1.29 is 9.69 Å². The van der Waals surface area contributed by atoms with Crippen molar-refractivity contribution >= 4 is 46.1 Å². The van der Waals surface area contributed by atoms with Crippen molar-refractivity contribution in [1.29, 1.82) is 0 Å². The second kappa shape index (κ2) is 6.59. The molecule has 22 heavy (non-hydrogen) atoms. The minimum Gasteiger partial charge on any atom is -0.321 e. The van der Waals surface area contributed by atoms with Crippen LogP contribution in [0.25, 0.3) is 0 Å². The second-order valence-corrected chi connectivity index (χ2v) is 7.37. The van der Waals surface area contributed by atoms with Crippen LogP contribution in [0.1, 0.15) is 23.4 Å². The lowest BCUT2D eigenvalue weighted by atomic mass is 10.0. The molecule has 0 saturated carbocycles. The molecule has 1 aliphatic rings. The average molecular weight is 356 g/mol. The largest absolute Gasteiger partial charge is 0.321 e. The molecule has 2 heterocycles. The fourth-order valence-electron chi connectivity index (χ4n) is 2.89. The van der Waals surface area contributed by atoms with Gasteiger partial charge in [0.2, 0.25) is 0 Å². The Balaban J connectivity index is 1.66. The lowest BCUT2D eigenvalue weighted by Gasteiger charge is -2.29. The lowest BCUT2D eigenvalue weighted by Crippen LogP contribution is -3.14. The Hall–Kier alpha value is -1.07. The number of anilines is 1. The Morgan fingerprint density at radius 2 is 2.23 bits per heavy atom. The van der Waals surface area contributed by atoms with Crippen LogP contribution in [0.5, 0.6) is 0 Å². The summed E-state index contributed by atoms with van der Waals surface area (Å²) in [4.78, 5) is 15.0. The van der Waals surface area contributed by atoms with Crippen LogP contribution in [0.4, 0.5) is 5.69 Å². The predicted octanol–water partition coefficient (Wildman–Crippen LogP) is 3.20. The smallest absolute Gasteiger partial charge is 0.279 e. The first-order valence-corrected chi connectivity index (χ1v) is 8.84. The van der Waals surface area contributed by atoms with E-state index < -0.39 is 0 Å². The van der Waals surface area contributed by atoms with Crippen molar-refractivity contribution in [1.82, 2.24) is 0 Å². The molecule has 1 aromatic carbocycles. The summed E-state index contributed by atoms with van der Waals surface area (Å²) in [6, 6.07) is 7.59. The van der Waals surface area contributed by atoms with Gasteiger partial charge in [0, 0.05) is 21.9 Å². The molecule has 0 fully saturated rings. The first-order chi connectivity index (χ1) is 10.5. The Kier molecular flexibility index (Phi) is 4.73. The molecule has 0 saturated heterocycles. The van der Waals surface area contributed by atoms with E-state index in [1.807, 2.05) is 11.3 Å². The van der Waals surface area contributed by atoms with Crippen molar-refractivity contribution in [3.8, 4) is 0 Å². The van der Waals surface area contributed by atoms with Crippen LogP contribution in [0.3, 0.4) is 0 Å². The summed E-state index contributed by atoms with van der Waals surface area (Å²) in [5.41, 5.74) is 1.94. The molecule has 1 aromatic heterocycles. The summed E-state index contributed by atoms with van der Waals surface area (Å²) in [5, 5.41) is 6.05. The molecule has 0 bridgehead atoms. The molecule has 1 aliphatic heterocycles. The summed E-state index contributed by atoms with van der Waals surface area (Å²) in [5.74, 6) is -0.0373. The van der Waals surface area contributed by atoms with E-state index in [1.165, 1.54) is 15.3 Å². The maximum absolute atomic E-state index is 12.3. The molecule has 6 heteroatoms. The Morgan fingerprint density at radius 1 is 1.41 bits per heavy atom. The molecule has 2 aromatic rings. The highest BCUT2D eigenvalue weighted by Crippen LogP contribution is 2.26. The molecule has 2 N–H and O–H groups in total. The summed E-state index contributed by atoms with van der Waals surface area (Å²) < 4.78 is 0. The minimum atomic E-state index is -0.0373. The molecule has 2 atom stereocenters. The van der Waals surface area contributed by atoms with E-state index in [4.69, 9.17) is 23.2 Å². The maximum Gasteiger partial charge on any atom is 0.279 e. The normalized spacial score (nSPS) is 20.5. The zero-order valence-corrected chi connectivity index (χ0v) is 14.5. The van der Waals surface area contributed by atoms with Crippen molar-refractivity contribution in [3.63, 3.8) is 0 Å². The number of halogens is 2. The number of rotatable bonds is 3. The number of fused-ring (bicyclic) bond motifs is 1. The van der Waals surface area contributed by atoms with E-state index in [1.54, 1.807) is 18.2 Å². The molecule has 1 amide bonds. The van der Waals surface area contributed by atoms with E-state index >= 15 is 0 Å². The van der Waals surface area contributed by atoms with E-state index in [0.717, 1.165) is 13.0 Å². The third-order valence-corrected chi connectivity index (χ3v) is 5.68. The zero-order chi connectivity index (χ0) is 15.7. The fraction of sp³-hybridized carbons (Fsp3) is 0.312. The highest BCUT2D eigenvalue weighted by Gasteiger charge is 2.29. The van der Waals surface area contributed by atoms with E-state index in [9.17, 15) is 4.79 Å². The van der Waals surface area contributed by atoms with Crippen LogP contribution in [0.2, 0.25) is 10.0 Å².